The van der Waals surface area contributed by atoms with Crippen molar-refractivity contribution in [1.29, 1.82) is 0 Å². The Labute approximate surface area is 64.0 Å². The van der Waals surface area contributed by atoms with Crippen molar-refractivity contribution in [3.8, 4) is 0 Å². The lowest BCUT2D eigenvalue weighted by atomic mass is 9.78. The van der Waals surface area contributed by atoms with E-state index in [4.69, 9.17) is 11.5 Å². The zero-order valence-electron chi connectivity index (χ0n) is 7.35. The van der Waals surface area contributed by atoms with Crippen LogP contribution in [0.1, 0.15) is 27.2 Å². The molecule has 0 saturated heterocycles. The van der Waals surface area contributed by atoms with Crippen molar-refractivity contribution in [2.24, 2.45) is 22.8 Å². The highest BCUT2D eigenvalue weighted by molar-refractivity contribution is 4.75. The Morgan fingerprint density at radius 3 is 2.10 bits per heavy atom. The van der Waals surface area contributed by atoms with Crippen molar-refractivity contribution in [2.45, 2.75) is 27.2 Å². The number of hydrogen-bond acceptors (Lipinski definition) is 2. The molecular weight excluding hydrogens is 124 g/mol. The number of rotatable bonds is 4. The summed E-state index contributed by atoms with van der Waals surface area (Å²) >= 11 is 0. The van der Waals surface area contributed by atoms with Gasteiger partial charge in [0.2, 0.25) is 0 Å². The lowest BCUT2D eigenvalue weighted by molar-refractivity contribution is 0.231. The molecule has 0 aromatic carbocycles. The van der Waals surface area contributed by atoms with Crippen LogP contribution in [0.2, 0.25) is 0 Å². The van der Waals surface area contributed by atoms with Crippen LogP contribution in [0.25, 0.3) is 0 Å². The Balaban J connectivity index is 3.78. The molecule has 0 aromatic heterocycles. The van der Waals surface area contributed by atoms with Crippen LogP contribution in [0.3, 0.4) is 0 Å². The summed E-state index contributed by atoms with van der Waals surface area (Å²) in [7, 11) is 0. The van der Waals surface area contributed by atoms with Crippen LogP contribution in [-0.4, -0.2) is 13.1 Å². The molecule has 0 saturated carbocycles. The summed E-state index contributed by atoms with van der Waals surface area (Å²) < 4.78 is 0. The molecule has 0 aliphatic rings. The Morgan fingerprint density at radius 1 is 1.30 bits per heavy atom. The van der Waals surface area contributed by atoms with Gasteiger partial charge in [-0.3, -0.25) is 0 Å². The average Bonchev–Trinajstić information content (AvgIpc) is 1.89. The van der Waals surface area contributed by atoms with E-state index in [9.17, 15) is 0 Å². The quantitative estimate of drug-likeness (QED) is 0.617. The molecule has 0 heterocycles. The molecule has 0 radical (unpaired) electrons. The predicted octanol–water partition coefficient (Wildman–Crippen LogP) is 0.956. The van der Waals surface area contributed by atoms with Crippen molar-refractivity contribution in [2.75, 3.05) is 13.1 Å². The molecule has 62 valence electrons. The fourth-order valence-corrected chi connectivity index (χ4v) is 0.842. The molecule has 0 aliphatic carbocycles. The van der Waals surface area contributed by atoms with E-state index in [-0.39, 0.29) is 5.41 Å². The van der Waals surface area contributed by atoms with Gasteiger partial charge >= 0.3 is 0 Å². The zero-order chi connectivity index (χ0) is 8.20. The molecule has 1 unspecified atom stereocenters. The lowest BCUT2D eigenvalue weighted by Crippen LogP contribution is -2.31. The van der Waals surface area contributed by atoms with Crippen LogP contribution in [-0.2, 0) is 0 Å². The molecule has 2 heteroatoms. The first-order valence-electron chi connectivity index (χ1n) is 3.94. The smallest absolute Gasteiger partial charge is 0.00233 e. The van der Waals surface area contributed by atoms with Gasteiger partial charge in [0, 0.05) is 0 Å². The molecule has 1 atom stereocenters. The molecule has 0 fully saturated rings. The topological polar surface area (TPSA) is 52.0 Å². The molecule has 2 nitrogen and oxygen atoms in total. The van der Waals surface area contributed by atoms with Crippen LogP contribution in [0.5, 0.6) is 0 Å². The van der Waals surface area contributed by atoms with Gasteiger partial charge in [-0.25, -0.2) is 0 Å². The van der Waals surface area contributed by atoms with Gasteiger partial charge in [0.15, 0.2) is 0 Å². The van der Waals surface area contributed by atoms with Gasteiger partial charge in [0.25, 0.3) is 0 Å². The number of nitrogens with two attached hydrogens (primary N) is 2. The van der Waals surface area contributed by atoms with E-state index in [0.29, 0.717) is 5.92 Å². The fraction of sp³-hybridized carbons (Fsp3) is 1.00. The first-order chi connectivity index (χ1) is 4.54. The van der Waals surface area contributed by atoms with Crippen LogP contribution in [0, 0.1) is 11.3 Å². The standard InChI is InChI=1S/C8H20N2/c1-7(4-5-9)8(2,3)6-10/h7H,4-6,9-10H2,1-3H3. The highest BCUT2D eigenvalue weighted by Gasteiger charge is 2.22. The maximum absolute atomic E-state index is 5.60. The van der Waals surface area contributed by atoms with Crippen molar-refractivity contribution >= 4 is 0 Å². The lowest BCUT2D eigenvalue weighted by Gasteiger charge is -2.29. The molecule has 0 aliphatic heterocycles. The summed E-state index contributed by atoms with van der Waals surface area (Å²) in [6.45, 7) is 8.10. The zero-order valence-corrected chi connectivity index (χ0v) is 7.35. The minimum Gasteiger partial charge on any atom is -0.330 e. The van der Waals surface area contributed by atoms with E-state index in [1.165, 1.54) is 0 Å². The summed E-state index contributed by atoms with van der Waals surface area (Å²) in [5.41, 5.74) is 11.3. The Kier molecular flexibility index (Phi) is 3.91. The van der Waals surface area contributed by atoms with E-state index in [0.717, 1.165) is 19.5 Å². The summed E-state index contributed by atoms with van der Waals surface area (Å²) in [5, 5.41) is 0. The third-order valence-corrected chi connectivity index (χ3v) is 2.46. The molecular formula is C8H20N2. The average molecular weight is 144 g/mol. The van der Waals surface area contributed by atoms with E-state index in [1.807, 2.05) is 0 Å². The van der Waals surface area contributed by atoms with Crippen molar-refractivity contribution in [3.05, 3.63) is 0 Å². The normalized spacial score (nSPS) is 15.3. The summed E-state index contributed by atoms with van der Waals surface area (Å²) in [6, 6.07) is 0. The Bertz CT molecular complexity index is 89.3. The van der Waals surface area contributed by atoms with E-state index < -0.39 is 0 Å². The Hall–Kier alpha value is -0.0800. The number of hydrogen-bond donors (Lipinski definition) is 2. The Morgan fingerprint density at radius 2 is 1.80 bits per heavy atom. The molecule has 0 bridgehead atoms. The van der Waals surface area contributed by atoms with Gasteiger partial charge in [-0.15, -0.1) is 0 Å². The highest BCUT2D eigenvalue weighted by atomic mass is 14.6. The van der Waals surface area contributed by atoms with E-state index in [2.05, 4.69) is 20.8 Å². The first-order valence-corrected chi connectivity index (χ1v) is 3.94. The molecule has 0 rings (SSSR count). The molecule has 0 spiro atoms. The second-order valence-corrected chi connectivity index (χ2v) is 3.67. The van der Waals surface area contributed by atoms with Gasteiger partial charge in [-0.2, -0.15) is 0 Å². The second kappa shape index (κ2) is 3.94. The fourth-order valence-electron chi connectivity index (χ4n) is 0.842. The van der Waals surface area contributed by atoms with Crippen molar-refractivity contribution in [3.63, 3.8) is 0 Å². The first kappa shape index (κ1) is 9.92. The van der Waals surface area contributed by atoms with E-state index in [1.54, 1.807) is 0 Å². The van der Waals surface area contributed by atoms with Crippen LogP contribution in [0.4, 0.5) is 0 Å². The van der Waals surface area contributed by atoms with Gasteiger partial charge in [0.1, 0.15) is 0 Å². The highest BCUT2D eigenvalue weighted by Crippen LogP contribution is 2.26. The van der Waals surface area contributed by atoms with Gasteiger partial charge in [-0.1, -0.05) is 20.8 Å². The minimum atomic E-state index is 0.249. The van der Waals surface area contributed by atoms with Crippen LogP contribution < -0.4 is 11.5 Å². The van der Waals surface area contributed by atoms with Gasteiger partial charge < -0.3 is 11.5 Å². The molecule has 0 aromatic rings. The SMILES string of the molecule is CC(CCN)C(C)(C)CN. The van der Waals surface area contributed by atoms with Gasteiger partial charge in [0.05, 0.1) is 0 Å². The van der Waals surface area contributed by atoms with Crippen LogP contribution in [0.15, 0.2) is 0 Å². The van der Waals surface area contributed by atoms with Crippen molar-refractivity contribution < 1.29 is 0 Å². The second-order valence-electron chi connectivity index (χ2n) is 3.67. The van der Waals surface area contributed by atoms with Crippen LogP contribution >= 0.6 is 0 Å². The van der Waals surface area contributed by atoms with E-state index >= 15 is 0 Å². The molecule has 4 N–H and O–H groups in total. The third kappa shape index (κ3) is 2.67. The minimum absolute atomic E-state index is 0.249. The van der Waals surface area contributed by atoms with Crippen molar-refractivity contribution in [1.82, 2.24) is 0 Å². The predicted molar refractivity (Wildman–Crippen MR) is 45.7 cm³/mol. The maximum atomic E-state index is 5.60. The maximum Gasteiger partial charge on any atom is -0.00233 e. The largest absolute Gasteiger partial charge is 0.330 e. The van der Waals surface area contributed by atoms with Gasteiger partial charge in [-0.05, 0) is 30.8 Å². The molecule has 0 amide bonds. The summed E-state index contributed by atoms with van der Waals surface area (Å²) in [5.74, 6) is 0.627. The summed E-state index contributed by atoms with van der Waals surface area (Å²) in [4.78, 5) is 0. The summed E-state index contributed by atoms with van der Waals surface area (Å²) in [6.07, 6.45) is 1.07. The monoisotopic (exact) mass is 144 g/mol. The molecule has 10 heavy (non-hydrogen) atoms. The third-order valence-electron chi connectivity index (χ3n) is 2.46.